The molecule has 2 N–H and O–H groups in total. The molecule has 2 heterocycles. The standard InChI is InChI=1S/C15H23N3O2S/c1-2-3-10-4-5-11-13(8-10)21-15(17-11)18-14(19)12-9-20-7-6-16-12/h10,12,16H,2-9H2,1H3,(H,17,18,19)/t10-,12+/m0/s1. The van der Waals surface area contributed by atoms with Crippen LogP contribution in [-0.2, 0) is 22.4 Å². The summed E-state index contributed by atoms with van der Waals surface area (Å²) in [7, 11) is 0. The summed E-state index contributed by atoms with van der Waals surface area (Å²) in [5, 5.41) is 6.85. The molecule has 0 spiro atoms. The maximum Gasteiger partial charge on any atom is 0.245 e. The van der Waals surface area contributed by atoms with Gasteiger partial charge < -0.3 is 15.4 Å². The lowest BCUT2D eigenvalue weighted by atomic mass is 9.88. The summed E-state index contributed by atoms with van der Waals surface area (Å²) in [6, 6.07) is -0.257. The van der Waals surface area contributed by atoms with Crippen LogP contribution in [0.4, 0.5) is 5.13 Å². The number of nitrogens with one attached hydrogen (secondary N) is 2. The largest absolute Gasteiger partial charge is 0.378 e. The number of nitrogens with zero attached hydrogens (tertiary/aromatic N) is 1. The van der Waals surface area contributed by atoms with Crippen LogP contribution in [0.3, 0.4) is 0 Å². The number of carbonyl (C=O) groups excluding carboxylic acids is 1. The first kappa shape index (κ1) is 14.9. The van der Waals surface area contributed by atoms with Gasteiger partial charge >= 0.3 is 0 Å². The highest BCUT2D eigenvalue weighted by Crippen LogP contribution is 2.34. The van der Waals surface area contributed by atoms with Gasteiger partial charge in [0.25, 0.3) is 0 Å². The van der Waals surface area contributed by atoms with Gasteiger partial charge in [-0.15, -0.1) is 11.3 Å². The molecule has 1 aliphatic carbocycles. The number of hydrogen-bond acceptors (Lipinski definition) is 5. The Balaban J connectivity index is 1.61. The summed E-state index contributed by atoms with van der Waals surface area (Å²) in [6.07, 6.45) is 5.95. The third-order valence-corrected chi connectivity index (χ3v) is 5.24. The molecule has 0 unspecified atom stereocenters. The number of fused-ring (bicyclic) bond motifs is 1. The summed E-state index contributed by atoms with van der Waals surface area (Å²) >= 11 is 1.65. The van der Waals surface area contributed by atoms with Gasteiger partial charge in [0.05, 0.1) is 18.9 Å². The van der Waals surface area contributed by atoms with Crippen molar-refractivity contribution in [2.75, 3.05) is 25.1 Å². The Hall–Kier alpha value is -0.980. The summed E-state index contributed by atoms with van der Waals surface area (Å²) in [4.78, 5) is 18.1. The molecule has 1 amide bonds. The van der Waals surface area contributed by atoms with Crippen molar-refractivity contribution in [2.45, 2.75) is 45.1 Å². The number of rotatable bonds is 4. The average molecular weight is 309 g/mol. The Morgan fingerprint density at radius 1 is 1.57 bits per heavy atom. The van der Waals surface area contributed by atoms with E-state index in [1.165, 1.54) is 29.8 Å². The molecule has 21 heavy (non-hydrogen) atoms. The van der Waals surface area contributed by atoms with E-state index >= 15 is 0 Å². The average Bonchev–Trinajstić information content (AvgIpc) is 2.90. The van der Waals surface area contributed by atoms with Crippen LogP contribution in [0.2, 0.25) is 0 Å². The number of carbonyl (C=O) groups is 1. The zero-order valence-corrected chi connectivity index (χ0v) is 13.3. The van der Waals surface area contributed by atoms with E-state index in [4.69, 9.17) is 4.74 Å². The Labute approximate surface area is 129 Å². The van der Waals surface area contributed by atoms with Crippen molar-refractivity contribution >= 4 is 22.4 Å². The Bertz CT molecular complexity index is 497. The van der Waals surface area contributed by atoms with Gasteiger partial charge in [0.2, 0.25) is 5.91 Å². The van der Waals surface area contributed by atoms with E-state index in [2.05, 4.69) is 22.5 Å². The summed E-state index contributed by atoms with van der Waals surface area (Å²) < 4.78 is 5.32. The molecule has 2 atom stereocenters. The summed E-state index contributed by atoms with van der Waals surface area (Å²) in [5.41, 5.74) is 1.19. The van der Waals surface area contributed by atoms with Crippen LogP contribution in [0.5, 0.6) is 0 Å². The molecule has 1 aliphatic heterocycles. The minimum Gasteiger partial charge on any atom is -0.378 e. The van der Waals surface area contributed by atoms with Gasteiger partial charge in [0, 0.05) is 11.4 Å². The molecule has 6 heteroatoms. The van der Waals surface area contributed by atoms with E-state index in [0.29, 0.717) is 13.2 Å². The zero-order chi connectivity index (χ0) is 14.7. The fraction of sp³-hybridized carbons (Fsp3) is 0.733. The van der Waals surface area contributed by atoms with Crippen LogP contribution in [0, 0.1) is 5.92 Å². The van der Waals surface area contributed by atoms with Gasteiger partial charge in [-0.1, -0.05) is 19.8 Å². The van der Waals surface area contributed by atoms with Gasteiger partial charge in [0.1, 0.15) is 6.04 Å². The molecule has 5 nitrogen and oxygen atoms in total. The predicted octanol–water partition coefficient (Wildman–Crippen LogP) is 1.97. The second-order valence-corrected chi connectivity index (χ2v) is 6.94. The maximum absolute atomic E-state index is 12.2. The molecular formula is C15H23N3O2S. The second kappa shape index (κ2) is 6.85. The van der Waals surface area contributed by atoms with Gasteiger partial charge in [-0.3, -0.25) is 4.79 Å². The molecule has 2 aliphatic rings. The Morgan fingerprint density at radius 3 is 3.24 bits per heavy atom. The molecule has 1 aromatic heterocycles. The molecule has 0 saturated carbocycles. The van der Waals surface area contributed by atoms with E-state index in [1.807, 2.05) is 0 Å². The quantitative estimate of drug-likeness (QED) is 0.892. The predicted molar refractivity (Wildman–Crippen MR) is 83.8 cm³/mol. The van der Waals surface area contributed by atoms with Crippen molar-refractivity contribution in [3.8, 4) is 0 Å². The Morgan fingerprint density at radius 2 is 2.48 bits per heavy atom. The molecule has 116 valence electrons. The lowest BCUT2D eigenvalue weighted by Gasteiger charge is -2.22. The fourth-order valence-corrected chi connectivity index (χ4v) is 4.20. The van der Waals surface area contributed by atoms with E-state index in [0.717, 1.165) is 30.4 Å². The van der Waals surface area contributed by atoms with Crippen molar-refractivity contribution < 1.29 is 9.53 Å². The van der Waals surface area contributed by atoms with Crippen molar-refractivity contribution in [3.63, 3.8) is 0 Å². The molecule has 0 bridgehead atoms. The van der Waals surface area contributed by atoms with Crippen molar-refractivity contribution in [2.24, 2.45) is 5.92 Å². The van der Waals surface area contributed by atoms with Crippen molar-refractivity contribution in [1.29, 1.82) is 0 Å². The molecule has 1 fully saturated rings. The van der Waals surface area contributed by atoms with Crippen LogP contribution >= 0.6 is 11.3 Å². The van der Waals surface area contributed by atoms with Gasteiger partial charge in [-0.05, 0) is 25.2 Å². The zero-order valence-electron chi connectivity index (χ0n) is 12.5. The third-order valence-electron chi connectivity index (χ3n) is 4.21. The maximum atomic E-state index is 12.2. The molecule has 1 aromatic rings. The number of anilines is 1. The number of aryl methyl sites for hydroxylation is 1. The molecule has 1 saturated heterocycles. The number of thiazole rings is 1. The molecule has 0 aromatic carbocycles. The third kappa shape index (κ3) is 3.62. The lowest BCUT2D eigenvalue weighted by Crippen LogP contribution is -2.48. The van der Waals surface area contributed by atoms with E-state index in [-0.39, 0.29) is 11.9 Å². The first-order chi connectivity index (χ1) is 10.3. The highest BCUT2D eigenvalue weighted by molar-refractivity contribution is 7.15. The molecule has 3 rings (SSSR count). The number of hydrogen-bond donors (Lipinski definition) is 2. The number of amides is 1. The SMILES string of the molecule is CCC[C@H]1CCc2nc(NC(=O)[C@H]3COCCN3)sc2C1. The Kier molecular flexibility index (Phi) is 4.87. The van der Waals surface area contributed by atoms with Crippen molar-refractivity contribution in [3.05, 3.63) is 10.6 Å². The highest BCUT2D eigenvalue weighted by Gasteiger charge is 2.25. The summed E-state index contributed by atoms with van der Waals surface area (Å²) in [6.45, 7) is 4.09. The van der Waals surface area contributed by atoms with Crippen LogP contribution < -0.4 is 10.6 Å². The normalized spacial score (nSPS) is 25.4. The summed E-state index contributed by atoms with van der Waals surface area (Å²) in [5.74, 6) is 0.755. The second-order valence-electron chi connectivity index (χ2n) is 5.86. The molecule has 0 radical (unpaired) electrons. The lowest BCUT2D eigenvalue weighted by molar-refractivity contribution is -0.120. The first-order valence-corrected chi connectivity index (χ1v) is 8.68. The first-order valence-electron chi connectivity index (χ1n) is 7.87. The number of morpholine rings is 1. The van der Waals surface area contributed by atoms with Crippen LogP contribution in [0.15, 0.2) is 0 Å². The number of aromatic nitrogens is 1. The van der Waals surface area contributed by atoms with Crippen LogP contribution in [0.25, 0.3) is 0 Å². The smallest absolute Gasteiger partial charge is 0.245 e. The molecular weight excluding hydrogens is 286 g/mol. The highest BCUT2D eigenvalue weighted by atomic mass is 32.1. The van der Waals surface area contributed by atoms with Crippen LogP contribution in [-0.4, -0.2) is 36.7 Å². The van der Waals surface area contributed by atoms with Crippen LogP contribution in [0.1, 0.15) is 36.8 Å². The topological polar surface area (TPSA) is 63.2 Å². The van der Waals surface area contributed by atoms with E-state index < -0.39 is 0 Å². The van der Waals surface area contributed by atoms with Gasteiger partial charge in [-0.2, -0.15) is 0 Å². The fourth-order valence-electron chi connectivity index (χ4n) is 3.08. The van der Waals surface area contributed by atoms with E-state index in [9.17, 15) is 4.79 Å². The van der Waals surface area contributed by atoms with Crippen molar-refractivity contribution in [1.82, 2.24) is 10.3 Å². The number of ether oxygens (including phenoxy) is 1. The van der Waals surface area contributed by atoms with Gasteiger partial charge in [-0.25, -0.2) is 4.98 Å². The minimum absolute atomic E-state index is 0.0362. The van der Waals surface area contributed by atoms with E-state index in [1.54, 1.807) is 11.3 Å². The van der Waals surface area contributed by atoms with Gasteiger partial charge in [0.15, 0.2) is 5.13 Å². The monoisotopic (exact) mass is 309 g/mol. The minimum atomic E-state index is -0.257.